The minimum atomic E-state index is -3.93. The predicted molar refractivity (Wildman–Crippen MR) is 117 cm³/mol. The molecule has 0 aliphatic rings. The summed E-state index contributed by atoms with van der Waals surface area (Å²) in [4.78, 5) is 0.356. The molecule has 3 aromatic rings. The van der Waals surface area contributed by atoms with E-state index in [-0.39, 0.29) is 11.8 Å². The second-order valence-corrected chi connectivity index (χ2v) is 10.0. The summed E-state index contributed by atoms with van der Waals surface area (Å²) < 4.78 is 28.8. The molecule has 6 heteroatoms. The van der Waals surface area contributed by atoms with Crippen molar-refractivity contribution in [3.63, 3.8) is 0 Å². The summed E-state index contributed by atoms with van der Waals surface area (Å²) in [6.07, 6.45) is 1.50. The molecule has 0 unspecified atom stereocenters. The summed E-state index contributed by atoms with van der Waals surface area (Å²) in [6.45, 7) is 12.4. The smallest absolute Gasteiger partial charge is 0.199 e. The molecule has 0 bridgehead atoms. The summed E-state index contributed by atoms with van der Waals surface area (Å²) in [5, 5.41) is 7.90. The van der Waals surface area contributed by atoms with E-state index in [4.69, 9.17) is 0 Å². The first kappa shape index (κ1) is 21.2. The maximum absolute atomic E-state index is 13.9. The first-order chi connectivity index (χ1) is 13.6. The SMILES string of the molecule is CC(C)c1cc(C(C)C)c(S(=O)(=O)n2nncc2-c2ccccc2)c(C(C)C)c1. The summed E-state index contributed by atoms with van der Waals surface area (Å²) in [5.74, 6) is 0.423. The van der Waals surface area contributed by atoms with Gasteiger partial charge in [-0.1, -0.05) is 89.2 Å². The Labute approximate surface area is 173 Å². The number of benzene rings is 2. The van der Waals surface area contributed by atoms with Crippen molar-refractivity contribution >= 4 is 10.0 Å². The summed E-state index contributed by atoms with van der Waals surface area (Å²) in [7, 11) is -3.93. The molecule has 2 aromatic carbocycles. The van der Waals surface area contributed by atoms with Gasteiger partial charge in [0.1, 0.15) is 5.69 Å². The summed E-state index contributed by atoms with van der Waals surface area (Å²) in [5.41, 5.74) is 4.03. The first-order valence-electron chi connectivity index (χ1n) is 10.0. The zero-order chi connectivity index (χ0) is 21.3. The highest BCUT2D eigenvalue weighted by molar-refractivity contribution is 7.90. The Balaban J connectivity index is 2.32. The zero-order valence-electron chi connectivity index (χ0n) is 17.9. The average molecular weight is 412 g/mol. The van der Waals surface area contributed by atoms with Gasteiger partial charge in [-0.3, -0.25) is 0 Å². The second-order valence-electron chi connectivity index (χ2n) is 8.33. The normalized spacial score (nSPS) is 12.3. The van der Waals surface area contributed by atoms with E-state index in [0.29, 0.717) is 16.5 Å². The van der Waals surface area contributed by atoms with Crippen LogP contribution in [-0.2, 0) is 10.0 Å². The lowest BCUT2D eigenvalue weighted by Gasteiger charge is -2.23. The Morgan fingerprint density at radius 2 is 1.38 bits per heavy atom. The van der Waals surface area contributed by atoms with E-state index >= 15 is 0 Å². The molecular weight excluding hydrogens is 382 g/mol. The van der Waals surface area contributed by atoms with Gasteiger partial charge in [0, 0.05) is 5.56 Å². The number of hydrogen-bond donors (Lipinski definition) is 0. The van der Waals surface area contributed by atoms with Crippen molar-refractivity contribution in [2.75, 3.05) is 0 Å². The molecule has 0 saturated carbocycles. The Kier molecular flexibility index (Phi) is 5.94. The molecule has 0 fully saturated rings. The van der Waals surface area contributed by atoms with Gasteiger partial charge in [0.05, 0.1) is 11.1 Å². The van der Waals surface area contributed by atoms with E-state index in [0.717, 1.165) is 26.3 Å². The minimum absolute atomic E-state index is 0.0553. The molecule has 0 amide bonds. The van der Waals surface area contributed by atoms with E-state index < -0.39 is 10.0 Å². The monoisotopic (exact) mass is 411 g/mol. The lowest BCUT2D eigenvalue weighted by Crippen LogP contribution is -2.21. The number of aromatic nitrogens is 3. The molecule has 0 atom stereocenters. The van der Waals surface area contributed by atoms with E-state index in [2.05, 4.69) is 24.2 Å². The van der Waals surface area contributed by atoms with Crippen LogP contribution in [0.3, 0.4) is 0 Å². The quantitative estimate of drug-likeness (QED) is 0.533. The third-order valence-corrected chi connectivity index (χ3v) is 6.87. The van der Waals surface area contributed by atoms with E-state index in [1.54, 1.807) is 0 Å². The fourth-order valence-electron chi connectivity index (χ4n) is 3.47. The van der Waals surface area contributed by atoms with Crippen LogP contribution >= 0.6 is 0 Å². The lowest BCUT2D eigenvalue weighted by atomic mass is 9.89. The maximum atomic E-state index is 13.9. The second kappa shape index (κ2) is 8.11. The van der Waals surface area contributed by atoms with Gasteiger partial charge in [-0.15, -0.1) is 9.19 Å². The molecular formula is C23H29N3O2S. The van der Waals surface area contributed by atoms with Crippen molar-refractivity contribution in [1.82, 2.24) is 14.4 Å². The van der Waals surface area contributed by atoms with Crippen molar-refractivity contribution in [2.45, 2.75) is 64.2 Å². The van der Waals surface area contributed by atoms with Gasteiger partial charge < -0.3 is 0 Å². The third-order valence-electron chi connectivity index (χ3n) is 5.15. The molecule has 1 heterocycles. The predicted octanol–water partition coefficient (Wildman–Crippen LogP) is 5.55. The summed E-state index contributed by atoms with van der Waals surface area (Å²) in [6, 6.07) is 13.4. The van der Waals surface area contributed by atoms with Crippen molar-refractivity contribution < 1.29 is 8.42 Å². The maximum Gasteiger partial charge on any atom is 0.285 e. The summed E-state index contributed by atoms with van der Waals surface area (Å²) >= 11 is 0. The van der Waals surface area contributed by atoms with Crippen molar-refractivity contribution in [1.29, 1.82) is 0 Å². The highest BCUT2D eigenvalue weighted by Crippen LogP contribution is 2.36. The molecule has 154 valence electrons. The molecule has 0 spiro atoms. The molecule has 0 N–H and O–H groups in total. The fraction of sp³-hybridized carbons (Fsp3) is 0.391. The first-order valence-corrected chi connectivity index (χ1v) is 11.5. The van der Waals surface area contributed by atoms with Crippen molar-refractivity contribution in [3.8, 4) is 11.3 Å². The van der Waals surface area contributed by atoms with Gasteiger partial charge in [-0.25, -0.2) is 0 Å². The molecule has 1 aromatic heterocycles. The molecule has 3 rings (SSSR count). The van der Waals surface area contributed by atoms with E-state index in [9.17, 15) is 8.42 Å². The van der Waals surface area contributed by atoms with Crippen LogP contribution in [0.5, 0.6) is 0 Å². The Morgan fingerprint density at radius 1 is 0.828 bits per heavy atom. The number of hydrogen-bond acceptors (Lipinski definition) is 4. The standard InChI is InChI=1S/C23H29N3O2S/c1-15(2)19-12-20(16(3)4)23(21(13-19)17(5)6)29(27,28)26-22(14-24-25-26)18-10-8-7-9-11-18/h7-17H,1-6H3. The van der Waals surface area contributed by atoms with Crippen LogP contribution in [0.15, 0.2) is 53.6 Å². The topological polar surface area (TPSA) is 64.8 Å². The Hall–Kier alpha value is -2.47. The fourth-order valence-corrected chi connectivity index (χ4v) is 5.38. The highest BCUT2D eigenvalue weighted by atomic mass is 32.2. The largest absolute Gasteiger partial charge is 0.285 e. The van der Waals surface area contributed by atoms with Gasteiger partial charge in [-0.2, -0.15) is 8.42 Å². The molecule has 5 nitrogen and oxygen atoms in total. The number of nitrogens with zero attached hydrogens (tertiary/aromatic N) is 3. The number of rotatable bonds is 6. The van der Waals surface area contributed by atoms with Crippen molar-refractivity contribution in [3.05, 3.63) is 65.4 Å². The highest BCUT2D eigenvalue weighted by Gasteiger charge is 2.31. The van der Waals surface area contributed by atoms with Gasteiger partial charge >= 0.3 is 0 Å². The van der Waals surface area contributed by atoms with Gasteiger partial charge in [-0.05, 0) is 34.4 Å². The lowest BCUT2D eigenvalue weighted by molar-refractivity contribution is 0.572. The van der Waals surface area contributed by atoms with Gasteiger partial charge in [0.15, 0.2) is 0 Å². The molecule has 29 heavy (non-hydrogen) atoms. The molecule has 0 aliphatic heterocycles. The van der Waals surface area contributed by atoms with Crippen LogP contribution in [0.1, 0.15) is 76.0 Å². The molecule has 0 radical (unpaired) electrons. The van der Waals surface area contributed by atoms with Crippen LogP contribution in [0.25, 0.3) is 11.3 Å². The van der Waals surface area contributed by atoms with Crippen molar-refractivity contribution in [2.24, 2.45) is 0 Å². The average Bonchev–Trinajstić information content (AvgIpc) is 3.18. The van der Waals surface area contributed by atoms with E-state index in [1.165, 1.54) is 6.20 Å². The van der Waals surface area contributed by atoms with Gasteiger partial charge in [0.25, 0.3) is 10.0 Å². The molecule has 0 saturated heterocycles. The Morgan fingerprint density at radius 3 is 1.86 bits per heavy atom. The van der Waals surface area contributed by atoms with E-state index in [1.807, 2.05) is 70.2 Å². The minimum Gasteiger partial charge on any atom is -0.199 e. The molecule has 0 aliphatic carbocycles. The zero-order valence-corrected chi connectivity index (χ0v) is 18.7. The van der Waals surface area contributed by atoms with Crippen LogP contribution in [0.4, 0.5) is 0 Å². The van der Waals surface area contributed by atoms with Crippen LogP contribution in [0, 0.1) is 0 Å². The van der Waals surface area contributed by atoms with Crippen LogP contribution in [0.2, 0.25) is 0 Å². The third kappa shape index (κ3) is 3.99. The van der Waals surface area contributed by atoms with Crippen LogP contribution < -0.4 is 0 Å². The van der Waals surface area contributed by atoms with Gasteiger partial charge in [0.2, 0.25) is 0 Å². The Bertz CT molecular complexity index is 1070. The van der Waals surface area contributed by atoms with Crippen LogP contribution in [-0.4, -0.2) is 22.8 Å².